The number of thiazole rings is 1. The number of ether oxygens (including phenoxy) is 1. The minimum absolute atomic E-state index is 0.0854. The van der Waals surface area contributed by atoms with Gasteiger partial charge in [0.25, 0.3) is 0 Å². The number of hydrogen-bond donors (Lipinski definition) is 2. The molecular formula is C14H17NO4S. The first-order valence-electron chi connectivity index (χ1n) is 6.46. The average molecular weight is 295 g/mol. The third-order valence-electron chi connectivity index (χ3n) is 3.03. The molecule has 2 N–H and O–H groups in total. The van der Waals surface area contributed by atoms with Crippen LogP contribution in [0.25, 0.3) is 10.2 Å². The van der Waals surface area contributed by atoms with Gasteiger partial charge in [-0.3, -0.25) is 0 Å². The Morgan fingerprint density at radius 2 is 2.20 bits per heavy atom. The van der Waals surface area contributed by atoms with Gasteiger partial charge in [0, 0.05) is 5.56 Å². The Labute approximate surface area is 120 Å². The zero-order valence-corrected chi connectivity index (χ0v) is 12.5. The normalized spacial score (nSPS) is 12.6. The molecule has 0 spiro atoms. The quantitative estimate of drug-likeness (QED) is 0.847. The van der Waals surface area contributed by atoms with Gasteiger partial charge in [0.15, 0.2) is 6.10 Å². The Bertz CT molecular complexity index is 650. The summed E-state index contributed by atoms with van der Waals surface area (Å²) in [7, 11) is 0. The fourth-order valence-corrected chi connectivity index (χ4v) is 3.01. The lowest BCUT2D eigenvalue weighted by atomic mass is 10.0. The Kier molecular flexibility index (Phi) is 4.25. The summed E-state index contributed by atoms with van der Waals surface area (Å²) in [5.74, 6) is -0.844. The number of phenolic OH excluding ortho intramolecular Hbond substituents is 1. The van der Waals surface area contributed by atoms with Crippen molar-refractivity contribution in [2.24, 2.45) is 0 Å². The van der Waals surface area contributed by atoms with Gasteiger partial charge in [-0.15, -0.1) is 11.3 Å². The van der Waals surface area contributed by atoms with Crippen LogP contribution in [0.1, 0.15) is 36.1 Å². The number of aryl methyl sites for hydroxylation is 2. The van der Waals surface area contributed by atoms with E-state index in [-0.39, 0.29) is 17.9 Å². The standard InChI is InChI=1S/C14H17NO4S/c1-4-9-15-8-6-7(3)10(11(16)13(8)20-9)12(17)14(18)19-5-2/h6,12,16-17H,4-5H2,1-3H3. The molecule has 0 saturated carbocycles. The van der Waals surface area contributed by atoms with Crippen molar-refractivity contribution in [3.63, 3.8) is 0 Å². The summed E-state index contributed by atoms with van der Waals surface area (Å²) in [5, 5.41) is 21.3. The van der Waals surface area contributed by atoms with E-state index in [1.54, 1.807) is 19.9 Å². The summed E-state index contributed by atoms with van der Waals surface area (Å²) < 4.78 is 5.38. The van der Waals surface area contributed by atoms with Crippen molar-refractivity contribution in [1.29, 1.82) is 0 Å². The number of hydrogen-bond acceptors (Lipinski definition) is 6. The van der Waals surface area contributed by atoms with E-state index in [9.17, 15) is 15.0 Å². The highest BCUT2D eigenvalue weighted by Crippen LogP contribution is 2.39. The van der Waals surface area contributed by atoms with Crippen LogP contribution in [0.2, 0.25) is 0 Å². The van der Waals surface area contributed by atoms with E-state index >= 15 is 0 Å². The van der Waals surface area contributed by atoms with Crippen LogP contribution in [0.4, 0.5) is 0 Å². The molecule has 0 aliphatic carbocycles. The molecule has 0 saturated heterocycles. The topological polar surface area (TPSA) is 79.7 Å². The molecule has 0 fully saturated rings. The minimum Gasteiger partial charge on any atom is -0.506 e. The number of rotatable bonds is 4. The molecule has 1 unspecified atom stereocenters. The van der Waals surface area contributed by atoms with Crippen molar-refractivity contribution in [2.45, 2.75) is 33.3 Å². The summed E-state index contributed by atoms with van der Waals surface area (Å²) >= 11 is 1.36. The van der Waals surface area contributed by atoms with Gasteiger partial charge in [-0.05, 0) is 31.9 Å². The van der Waals surface area contributed by atoms with Gasteiger partial charge in [-0.2, -0.15) is 0 Å². The molecule has 6 heteroatoms. The van der Waals surface area contributed by atoms with Crippen LogP contribution in [0, 0.1) is 6.92 Å². The average Bonchev–Trinajstić information content (AvgIpc) is 2.82. The first kappa shape index (κ1) is 14.7. The third-order valence-corrected chi connectivity index (χ3v) is 4.25. The Morgan fingerprint density at radius 3 is 2.80 bits per heavy atom. The van der Waals surface area contributed by atoms with E-state index in [0.29, 0.717) is 15.8 Å². The van der Waals surface area contributed by atoms with Gasteiger partial charge >= 0.3 is 5.97 Å². The van der Waals surface area contributed by atoms with Gasteiger partial charge in [-0.25, -0.2) is 9.78 Å². The number of carbonyl (C=O) groups is 1. The summed E-state index contributed by atoms with van der Waals surface area (Å²) in [6.07, 6.45) is -0.709. The number of esters is 1. The predicted octanol–water partition coefficient (Wildman–Crippen LogP) is 2.47. The molecule has 20 heavy (non-hydrogen) atoms. The highest BCUT2D eigenvalue weighted by molar-refractivity contribution is 7.19. The molecule has 0 amide bonds. The number of aliphatic hydroxyl groups excluding tert-OH is 1. The second-order valence-corrected chi connectivity index (χ2v) is 5.50. The largest absolute Gasteiger partial charge is 0.506 e. The summed E-state index contributed by atoms with van der Waals surface area (Å²) in [6.45, 7) is 5.55. The second-order valence-electron chi connectivity index (χ2n) is 4.42. The third kappa shape index (κ3) is 2.48. The van der Waals surface area contributed by atoms with Crippen LogP contribution < -0.4 is 0 Å². The fourth-order valence-electron chi connectivity index (χ4n) is 2.07. The fraction of sp³-hybridized carbons (Fsp3) is 0.429. The molecule has 2 aromatic rings. The smallest absolute Gasteiger partial charge is 0.339 e. The maximum atomic E-state index is 11.6. The highest BCUT2D eigenvalue weighted by Gasteiger charge is 2.26. The van der Waals surface area contributed by atoms with Crippen LogP contribution in [0.3, 0.4) is 0 Å². The molecule has 1 atom stereocenters. The van der Waals surface area contributed by atoms with E-state index in [0.717, 1.165) is 11.4 Å². The number of aromatic nitrogens is 1. The van der Waals surface area contributed by atoms with Crippen molar-refractivity contribution >= 4 is 27.5 Å². The number of aliphatic hydroxyl groups is 1. The second kappa shape index (κ2) is 5.76. The van der Waals surface area contributed by atoms with Crippen LogP contribution in [-0.2, 0) is 16.0 Å². The van der Waals surface area contributed by atoms with Gasteiger partial charge in [0.1, 0.15) is 5.75 Å². The summed E-state index contributed by atoms with van der Waals surface area (Å²) in [4.78, 5) is 16.0. The molecule has 0 aliphatic rings. The van der Waals surface area contributed by atoms with Gasteiger partial charge in [-0.1, -0.05) is 6.92 Å². The SMILES string of the molecule is CCOC(=O)C(O)c1c(C)cc2nc(CC)sc2c1O. The molecule has 1 heterocycles. The number of aromatic hydroxyl groups is 1. The van der Waals surface area contributed by atoms with E-state index in [2.05, 4.69) is 4.98 Å². The summed E-state index contributed by atoms with van der Waals surface area (Å²) in [6, 6.07) is 1.77. The zero-order chi connectivity index (χ0) is 14.9. The maximum Gasteiger partial charge on any atom is 0.339 e. The summed E-state index contributed by atoms with van der Waals surface area (Å²) in [5.41, 5.74) is 1.49. The highest BCUT2D eigenvalue weighted by atomic mass is 32.1. The number of phenols is 1. The molecule has 1 aromatic heterocycles. The van der Waals surface area contributed by atoms with E-state index in [1.807, 2.05) is 6.92 Å². The molecule has 0 radical (unpaired) electrons. The molecule has 2 rings (SSSR count). The Morgan fingerprint density at radius 1 is 1.50 bits per heavy atom. The lowest BCUT2D eigenvalue weighted by Crippen LogP contribution is -2.16. The molecule has 108 valence electrons. The van der Waals surface area contributed by atoms with Gasteiger partial charge < -0.3 is 14.9 Å². The Balaban J connectivity index is 2.55. The number of fused-ring (bicyclic) bond motifs is 1. The minimum atomic E-state index is -1.48. The van der Waals surface area contributed by atoms with Crippen LogP contribution in [0.5, 0.6) is 5.75 Å². The molecule has 1 aromatic carbocycles. The van der Waals surface area contributed by atoms with Gasteiger partial charge in [0.05, 0.1) is 21.8 Å². The Hall–Kier alpha value is -1.66. The number of carbonyl (C=O) groups excluding carboxylic acids is 1. The number of nitrogens with zero attached hydrogens (tertiary/aromatic N) is 1. The van der Waals surface area contributed by atoms with Gasteiger partial charge in [0.2, 0.25) is 0 Å². The van der Waals surface area contributed by atoms with Crippen molar-refractivity contribution in [3.8, 4) is 5.75 Å². The van der Waals surface area contributed by atoms with E-state index in [1.165, 1.54) is 11.3 Å². The monoisotopic (exact) mass is 295 g/mol. The predicted molar refractivity (Wildman–Crippen MR) is 77.0 cm³/mol. The van der Waals surface area contributed by atoms with Crippen molar-refractivity contribution in [1.82, 2.24) is 4.98 Å². The van der Waals surface area contributed by atoms with Crippen LogP contribution in [0.15, 0.2) is 6.07 Å². The molecule has 0 aliphatic heterocycles. The molecule has 0 bridgehead atoms. The van der Waals surface area contributed by atoms with E-state index in [4.69, 9.17) is 4.74 Å². The molecular weight excluding hydrogens is 278 g/mol. The first-order chi connectivity index (χ1) is 9.49. The van der Waals surface area contributed by atoms with Crippen molar-refractivity contribution in [2.75, 3.05) is 6.61 Å². The van der Waals surface area contributed by atoms with Crippen molar-refractivity contribution in [3.05, 3.63) is 22.2 Å². The maximum absolute atomic E-state index is 11.6. The first-order valence-corrected chi connectivity index (χ1v) is 7.27. The van der Waals surface area contributed by atoms with Crippen LogP contribution >= 0.6 is 11.3 Å². The lowest BCUT2D eigenvalue weighted by molar-refractivity contribution is -0.153. The van der Waals surface area contributed by atoms with Crippen molar-refractivity contribution < 1.29 is 19.7 Å². The molecule has 5 nitrogen and oxygen atoms in total. The lowest BCUT2D eigenvalue weighted by Gasteiger charge is -2.14. The number of benzene rings is 1. The zero-order valence-electron chi connectivity index (χ0n) is 11.6. The van der Waals surface area contributed by atoms with Crippen LogP contribution in [-0.4, -0.2) is 27.8 Å². The van der Waals surface area contributed by atoms with E-state index < -0.39 is 12.1 Å².